The minimum atomic E-state index is -3.37. The van der Waals surface area contributed by atoms with E-state index in [4.69, 9.17) is 58.7 Å². The SMILES string of the molecule is [Ba+2].[Ba+2].[Ba+2].[O-]P([O-])[O-].[O-]P([O-])[O-].[O-]P([O-])[O-].[O-]P([O-])[O-].[Zn+2].[Zn+2].[Zn+2]. The Morgan fingerprint density at radius 3 is 0.273 bits per heavy atom. The molecule has 104 valence electrons. The third kappa shape index (κ3) is 327. The summed E-state index contributed by atoms with van der Waals surface area (Å²) < 4.78 is 0. The predicted molar refractivity (Wildman–Crippen MR) is 44.9 cm³/mol. The van der Waals surface area contributed by atoms with E-state index in [0.29, 0.717) is 0 Å². The molecule has 0 saturated heterocycles. The van der Waals surface area contributed by atoms with E-state index in [1.165, 1.54) is 0 Å². The Hall–Kier alpha value is 7.82. The molecule has 0 unspecified atom stereocenters. The fourth-order valence-corrected chi connectivity index (χ4v) is 0. The van der Waals surface area contributed by atoms with E-state index in [1.807, 2.05) is 0 Å². The normalized spacial score (nSPS) is 6.55. The molecule has 0 heterocycles. The van der Waals surface area contributed by atoms with Gasteiger partial charge in [0.2, 0.25) is 0 Å². The fourth-order valence-electron chi connectivity index (χ4n) is 0. The summed E-state index contributed by atoms with van der Waals surface area (Å²) in [6.45, 7) is 0. The van der Waals surface area contributed by atoms with E-state index < -0.39 is 34.4 Å². The first-order valence-electron chi connectivity index (χ1n) is 2.19. The first kappa shape index (κ1) is 63.1. The molecule has 0 rings (SSSR count). The minimum Gasteiger partial charge on any atom is -0.854 e. The van der Waals surface area contributed by atoms with Crippen molar-refractivity contribution in [1.82, 2.24) is 0 Å². The molecule has 0 N–H and O–H groups in total. The Balaban J connectivity index is -0.00000001000. The second-order valence-electron chi connectivity index (χ2n) is 0.894. The molecular formula is Ba3O12P4Zn3. The van der Waals surface area contributed by atoms with E-state index in [0.717, 1.165) is 0 Å². The van der Waals surface area contributed by atoms with Gasteiger partial charge in [0.05, 0.1) is 0 Å². The summed E-state index contributed by atoms with van der Waals surface area (Å²) in [6, 6.07) is 0. The van der Waals surface area contributed by atoms with Crippen LogP contribution < -0.4 is 58.7 Å². The van der Waals surface area contributed by atoms with Crippen LogP contribution in [0.1, 0.15) is 0 Å². The molecular weight excluding hydrogens is 924 g/mol. The van der Waals surface area contributed by atoms with Crippen molar-refractivity contribution in [3.8, 4) is 0 Å². The van der Waals surface area contributed by atoms with Gasteiger partial charge in [0.15, 0.2) is 0 Å². The third-order valence-corrected chi connectivity index (χ3v) is 0. The molecule has 0 radical (unpaired) electrons. The van der Waals surface area contributed by atoms with Gasteiger partial charge in [0.25, 0.3) is 0 Å². The van der Waals surface area contributed by atoms with Crippen LogP contribution in [0.4, 0.5) is 0 Å². The van der Waals surface area contributed by atoms with Crippen LogP contribution in [0.15, 0.2) is 0 Å². The van der Waals surface area contributed by atoms with Gasteiger partial charge in [-0.15, -0.1) is 0 Å². The average Bonchev–Trinajstić information content (AvgIpc) is 1.76. The third-order valence-electron chi connectivity index (χ3n) is 0. The van der Waals surface area contributed by atoms with Gasteiger partial charge in [-0.05, 0) is 0 Å². The van der Waals surface area contributed by atoms with E-state index in [9.17, 15) is 0 Å². The van der Waals surface area contributed by atoms with Crippen LogP contribution in [0.5, 0.6) is 0 Å². The molecule has 22 heavy (non-hydrogen) atoms. The maximum absolute atomic E-state index is 8.48. The second kappa shape index (κ2) is 56.8. The van der Waals surface area contributed by atoms with Crippen molar-refractivity contribution in [1.29, 1.82) is 0 Å². The Morgan fingerprint density at radius 2 is 0.273 bits per heavy atom. The van der Waals surface area contributed by atoms with Gasteiger partial charge in [-0.25, -0.2) is 0 Å². The molecule has 0 aromatic carbocycles. The van der Waals surface area contributed by atoms with Gasteiger partial charge in [-0.3, -0.25) is 0 Å². The Labute approximate surface area is 290 Å². The van der Waals surface area contributed by atoms with Gasteiger partial charge in [-0.2, -0.15) is 0 Å². The molecule has 0 aliphatic heterocycles. The molecule has 12 nitrogen and oxygen atoms in total. The van der Waals surface area contributed by atoms with Crippen LogP contribution in [-0.2, 0) is 58.4 Å². The number of hydrogen-bond donors (Lipinski definition) is 0. The molecule has 0 aromatic rings. The van der Waals surface area contributed by atoms with Crippen molar-refractivity contribution in [3.63, 3.8) is 0 Å². The van der Waals surface area contributed by atoms with Crippen LogP contribution in [-0.4, -0.2) is 147 Å². The first-order valence-corrected chi connectivity index (χ1v) is 6.57. The number of rotatable bonds is 0. The van der Waals surface area contributed by atoms with Gasteiger partial charge in [-0.1, -0.05) is 0 Å². The predicted octanol–water partition coefficient (Wildman–Crippen LogP) is -12.0. The second-order valence-corrected chi connectivity index (χ2v) is 2.68. The summed E-state index contributed by atoms with van der Waals surface area (Å²) in [6.07, 6.45) is 0. The summed E-state index contributed by atoms with van der Waals surface area (Å²) in [7, 11) is -13.5. The Bertz CT molecular complexity index is 80.6. The van der Waals surface area contributed by atoms with Gasteiger partial charge < -0.3 is 93.1 Å². The zero-order chi connectivity index (χ0) is 14.3. The zero-order valence-corrected chi connectivity index (χ0v) is 36.7. The quantitative estimate of drug-likeness (QED) is 0.162. The molecule has 0 fully saturated rings. The van der Waals surface area contributed by atoms with Crippen molar-refractivity contribution in [2.45, 2.75) is 0 Å². The molecule has 0 aliphatic carbocycles. The standard InChI is InChI=1S/3Ba.4O3P.3Zn/c;;;4*1-4(2)3;;;/q3*+2;4*-3;3*+2. The molecule has 0 aromatic heterocycles. The summed E-state index contributed by atoms with van der Waals surface area (Å²) in [5.41, 5.74) is 0. The maximum Gasteiger partial charge on any atom is 2.00 e. The average molecular weight is 924 g/mol. The van der Waals surface area contributed by atoms with Crippen molar-refractivity contribution in [3.05, 3.63) is 0 Å². The van der Waals surface area contributed by atoms with Gasteiger partial charge in [0.1, 0.15) is 0 Å². The Kier molecular flexibility index (Phi) is 163. The summed E-state index contributed by atoms with van der Waals surface area (Å²) in [4.78, 5) is 102. The van der Waals surface area contributed by atoms with Crippen LogP contribution in [0, 0.1) is 0 Å². The van der Waals surface area contributed by atoms with E-state index in [2.05, 4.69) is 0 Å². The van der Waals surface area contributed by atoms with Crippen LogP contribution in [0.2, 0.25) is 0 Å². The minimum absolute atomic E-state index is 0. The molecule has 0 amide bonds. The van der Waals surface area contributed by atoms with Crippen molar-refractivity contribution in [2.75, 3.05) is 0 Å². The smallest absolute Gasteiger partial charge is 0.854 e. The number of hydrogen-bond acceptors (Lipinski definition) is 12. The van der Waals surface area contributed by atoms with Crippen molar-refractivity contribution < 1.29 is 117 Å². The summed E-state index contributed by atoms with van der Waals surface area (Å²) in [5, 5.41) is 0. The maximum atomic E-state index is 8.48. The largest absolute Gasteiger partial charge is 2.00 e. The van der Waals surface area contributed by atoms with Gasteiger partial charge >= 0.3 is 205 Å². The topological polar surface area (TPSA) is 277 Å². The molecule has 0 saturated carbocycles. The molecule has 0 spiro atoms. The molecule has 22 heteroatoms. The monoisotopic (exact) mass is 921 g/mol. The molecule has 0 bridgehead atoms. The molecule has 0 aliphatic rings. The van der Waals surface area contributed by atoms with E-state index >= 15 is 0 Å². The van der Waals surface area contributed by atoms with E-state index in [-0.39, 0.29) is 205 Å². The van der Waals surface area contributed by atoms with Crippen LogP contribution >= 0.6 is 34.4 Å². The van der Waals surface area contributed by atoms with Crippen LogP contribution in [0.25, 0.3) is 0 Å². The fraction of sp³-hybridized carbons (Fsp3) is 0. The van der Waals surface area contributed by atoms with Crippen molar-refractivity contribution >= 4 is 181 Å². The summed E-state index contributed by atoms with van der Waals surface area (Å²) in [5.74, 6) is 0. The summed E-state index contributed by atoms with van der Waals surface area (Å²) >= 11 is 0. The molecule has 0 atom stereocenters. The van der Waals surface area contributed by atoms with Crippen molar-refractivity contribution in [2.24, 2.45) is 0 Å². The Morgan fingerprint density at radius 1 is 0.273 bits per heavy atom. The zero-order valence-electron chi connectivity index (χ0n) is 10.9. The van der Waals surface area contributed by atoms with Gasteiger partial charge in [0, 0.05) is 0 Å². The van der Waals surface area contributed by atoms with Crippen LogP contribution in [0.3, 0.4) is 0 Å². The first-order chi connectivity index (χ1) is 6.93. The van der Waals surface area contributed by atoms with E-state index in [1.54, 1.807) is 0 Å².